The van der Waals surface area contributed by atoms with Crippen LogP contribution in [0.1, 0.15) is 285 Å². The van der Waals surface area contributed by atoms with Crippen molar-refractivity contribution in [2.45, 2.75) is 241 Å². The number of aliphatic carboxylic acids is 4. The number of aryl methyl sites for hydroxylation is 6. The van der Waals surface area contributed by atoms with E-state index in [4.69, 9.17) is 24.7 Å². The van der Waals surface area contributed by atoms with Gasteiger partial charge in [0.1, 0.15) is 0 Å². The Balaban J connectivity index is 0.000000522. The van der Waals surface area contributed by atoms with Gasteiger partial charge < -0.3 is 55.3 Å². The van der Waals surface area contributed by atoms with Gasteiger partial charge in [0.25, 0.3) is 10.1 Å². The van der Waals surface area contributed by atoms with E-state index >= 15 is 0 Å². The van der Waals surface area contributed by atoms with Crippen LogP contribution in [-0.4, -0.2) is 113 Å². The summed E-state index contributed by atoms with van der Waals surface area (Å²) in [5.41, 5.74) is 23.2. The second-order valence-electron chi connectivity index (χ2n) is 29.4. The number of carboxylic acids is 4. The molecule has 24 heteroatoms. The molecule has 4 atom stereocenters. The molecule has 1 aromatic carbocycles. The number of aromatic amines is 4. The van der Waals surface area contributed by atoms with Gasteiger partial charge in [0, 0.05) is 92.1 Å². The van der Waals surface area contributed by atoms with E-state index in [1.165, 1.54) is 57.4 Å². The molecular weight excluding hydrogens is 1420 g/mol. The topological polar surface area (TPSA) is 368 Å². The second-order valence-corrected chi connectivity index (χ2v) is 30.8. The average molecular weight is 1530 g/mol. The number of benzene rings is 1. The van der Waals surface area contributed by atoms with Gasteiger partial charge in [0.15, 0.2) is 0 Å². The Morgan fingerprint density at radius 3 is 1.23 bits per heavy atom. The number of rotatable bonds is 30. The first kappa shape index (κ1) is 85.1. The Labute approximate surface area is 664 Å². The number of aliphatic hydroxyl groups is 2. The van der Waals surface area contributed by atoms with Gasteiger partial charge in [0.05, 0.1) is 74.9 Å². The van der Waals surface area contributed by atoms with Gasteiger partial charge in [0.2, 0.25) is 0 Å². The molecule has 7 aromatic rings. The van der Waals surface area contributed by atoms with Crippen molar-refractivity contribution >= 4 is 123 Å². The van der Waals surface area contributed by atoms with Gasteiger partial charge in [-0.15, -0.1) is 0 Å². The minimum Gasteiger partial charge on any atom is -0.481 e. The summed E-state index contributed by atoms with van der Waals surface area (Å²) in [7, 11) is -4.10. The largest absolute Gasteiger partial charge is 1.00 e. The Hall–Kier alpha value is -8.91. The van der Waals surface area contributed by atoms with Gasteiger partial charge in [-0.05, 0) is 249 Å². The van der Waals surface area contributed by atoms with Gasteiger partial charge in [-0.1, -0.05) is 82.9 Å². The van der Waals surface area contributed by atoms with Gasteiger partial charge in [-0.3, -0.25) is 23.7 Å². The maximum absolute atomic E-state index is 12.2. The fraction of sp³-hybridized carbons (Fsp3) is 0.419. The van der Waals surface area contributed by atoms with Crippen molar-refractivity contribution < 1.29 is 97.1 Å². The third-order valence-corrected chi connectivity index (χ3v) is 22.7. The van der Waals surface area contributed by atoms with Gasteiger partial charge in [-0.2, -0.15) is 8.42 Å². The Morgan fingerprint density at radius 1 is 0.409 bits per heavy atom. The van der Waals surface area contributed by atoms with Crippen molar-refractivity contribution in [2.24, 2.45) is 0 Å². The van der Waals surface area contributed by atoms with Gasteiger partial charge in [-0.25, -0.2) is 19.9 Å². The van der Waals surface area contributed by atoms with Crippen LogP contribution in [0.25, 0.3) is 88.7 Å². The molecule has 0 spiro atoms. The van der Waals surface area contributed by atoms with Crippen LogP contribution in [0.15, 0.2) is 77.7 Å². The van der Waals surface area contributed by atoms with Crippen LogP contribution in [0.3, 0.4) is 0 Å². The number of carboxylic acid groups (broad SMARTS) is 4. The molecule has 0 saturated heterocycles. The zero-order valence-corrected chi connectivity index (χ0v) is 68.7. The van der Waals surface area contributed by atoms with Crippen molar-refractivity contribution in [3.63, 3.8) is 0 Å². The summed E-state index contributed by atoms with van der Waals surface area (Å²) in [4.78, 5) is 83.2. The van der Waals surface area contributed by atoms with Crippen LogP contribution in [0.4, 0.5) is 0 Å². The van der Waals surface area contributed by atoms with Crippen LogP contribution in [0.2, 0.25) is 0 Å². The fourth-order valence-electron chi connectivity index (χ4n) is 15.8. The van der Waals surface area contributed by atoms with E-state index in [-0.39, 0.29) is 85.8 Å². The molecule has 578 valence electrons. The molecule has 10 heterocycles. The quantitative estimate of drug-likeness (QED) is 0.0113. The number of aliphatic hydroxyl groups excluding tert-OH is 2. The molecule has 0 amide bonds. The van der Waals surface area contributed by atoms with Crippen molar-refractivity contribution in [3.05, 3.63) is 168 Å². The molecule has 22 nitrogen and oxygen atoms in total. The van der Waals surface area contributed by atoms with Crippen molar-refractivity contribution in [1.82, 2.24) is 39.9 Å². The van der Waals surface area contributed by atoms with E-state index in [2.05, 4.69) is 26.9 Å². The normalized spacial score (nSPS) is 14.2. The number of unbranched alkanes of at least 4 members (excludes halogenated alkanes) is 9. The van der Waals surface area contributed by atoms with Crippen molar-refractivity contribution in [2.75, 3.05) is 0 Å². The first-order chi connectivity index (χ1) is 51.7. The second kappa shape index (κ2) is 36.9. The molecule has 6 aromatic heterocycles. The van der Waals surface area contributed by atoms with Gasteiger partial charge >= 0.3 is 53.4 Å². The zero-order chi connectivity index (χ0) is 79.0. The summed E-state index contributed by atoms with van der Waals surface area (Å²) in [5, 5.41) is 62.2. The Kier molecular flexibility index (Phi) is 28.6. The molecule has 110 heavy (non-hydrogen) atoms. The molecule has 0 radical (unpaired) electrons. The minimum atomic E-state index is -4.10. The maximum Gasteiger partial charge on any atom is 1.00 e. The van der Waals surface area contributed by atoms with E-state index in [0.717, 1.165) is 102 Å². The number of aromatic nitrogens is 8. The van der Waals surface area contributed by atoms with Crippen LogP contribution in [0, 0.1) is 27.7 Å². The van der Waals surface area contributed by atoms with Crippen LogP contribution in [-0.2, 0) is 46.9 Å². The van der Waals surface area contributed by atoms with E-state index < -0.39 is 58.4 Å². The molecule has 0 aliphatic carbocycles. The summed E-state index contributed by atoms with van der Waals surface area (Å²) >= 11 is 0. The minimum absolute atomic E-state index is 0. The molecule has 0 fully saturated rings. The Bertz CT molecular complexity index is 5340. The molecule has 11 N–H and O–H groups in total. The summed E-state index contributed by atoms with van der Waals surface area (Å²) in [6.07, 6.45) is 10.6. The Morgan fingerprint density at radius 2 is 0.764 bits per heavy atom. The number of carbonyl (C=O) groups is 4. The molecular formula is C86H104N8NaO14S+. The third kappa shape index (κ3) is 19.7. The summed E-state index contributed by atoms with van der Waals surface area (Å²) < 4.78 is 39.1. The number of nitrogens with zero attached hydrogens (tertiary/aromatic N) is 4. The van der Waals surface area contributed by atoms with Crippen molar-refractivity contribution in [3.8, 4) is 0 Å². The predicted octanol–water partition coefficient (Wildman–Crippen LogP) is 16.2. The van der Waals surface area contributed by atoms with E-state index in [0.29, 0.717) is 102 Å². The fourth-order valence-corrected chi connectivity index (χ4v) is 16.6. The van der Waals surface area contributed by atoms with E-state index in [1.807, 2.05) is 124 Å². The van der Waals surface area contributed by atoms with E-state index in [1.54, 1.807) is 26.0 Å². The average Bonchev–Trinajstić information content (AvgIpc) is 1.61. The monoisotopic (exact) mass is 1530 g/mol. The molecule has 4 unspecified atom stereocenters. The number of allylic oxidation sites excluding steroid dienone is 7. The maximum atomic E-state index is 12.2. The number of hydrogen-bond donors (Lipinski definition) is 11. The van der Waals surface area contributed by atoms with Crippen LogP contribution >= 0.6 is 0 Å². The van der Waals surface area contributed by atoms with Crippen LogP contribution in [0.5, 0.6) is 0 Å². The molecule has 4 aliphatic rings. The zero-order valence-electron chi connectivity index (χ0n) is 65.9. The number of nitrogens with one attached hydrogen (secondary N) is 4. The predicted molar refractivity (Wildman–Crippen MR) is 430 cm³/mol. The molecule has 0 saturated carbocycles. The SMILES string of the molecule is CC1=C(CCC(=O)O)c2cc3nc(cc4[nH]c(cc5[nH]c(cc1n2)c(C)c5C(C)OC(C)c1c(C)c2cc5nc(cc6nc(cc7[nH]c(cc1[nH]2)c(C)c7CCC(=O)O)C(CCC(=O)O)=C6C)C(C)=C5C(C)O)c(C)c4C(C)O)C(C)=C3CCC(=O)O.CCCCCCCCCCCCc1ccccc1S(=O)(=O)O.[Na+]. The summed E-state index contributed by atoms with van der Waals surface area (Å²) in [6, 6.07) is 22.0. The standard InChI is InChI=1S/C68H74N8O11.C18H30O3S.Na/c1-29-41(13-17-61(79)80)53-28-56-44(16-20-64(85)86)32(4)48(72-56)24-59-68(36(8)52(76-59)25-58-65(37(9)77)33(5)49(73-58)21-45(29)69-53)40(12)87-39(11)67-35(7)50-22-46-30(2)42(14-18-62(81)82)54(70-46)27-55-43(15-19-63(83)84)31(3)47(71-55)23-57-66(38(10)78)34(6)51(74-57)26-60(67)75-50;1-2-3-4-5-6-7-8-9-10-11-14-17-15-12-13-16-18(17)22(19,20)21;/h21-28,37-40,72,74-78H,13-20H2,1-12H3,(H,79,80)(H,81,82)(H,83,84)(H,85,86);12-13,15-16H,2-11,14H2,1H3,(H,19,20,21);/q;;+1. The number of fused-ring (bicyclic) bond motifs is 16. The summed E-state index contributed by atoms with van der Waals surface area (Å²) in [6.45, 7) is 25.2. The number of H-pyrrole nitrogens is 4. The molecule has 11 rings (SSSR count). The van der Waals surface area contributed by atoms with Crippen LogP contribution < -0.4 is 29.6 Å². The van der Waals surface area contributed by atoms with E-state index in [9.17, 15) is 62.8 Å². The molecule has 4 aliphatic heterocycles. The number of ether oxygens (including phenoxy) is 1. The molecule has 16 bridgehead atoms. The first-order valence-corrected chi connectivity index (χ1v) is 39.4. The third-order valence-electron chi connectivity index (χ3n) is 21.7. The number of hydrogen-bond acceptors (Lipinski definition) is 13. The smallest absolute Gasteiger partial charge is 0.481 e. The summed E-state index contributed by atoms with van der Waals surface area (Å²) in [5.74, 6) is -3.82. The van der Waals surface area contributed by atoms with Crippen molar-refractivity contribution in [1.29, 1.82) is 0 Å². The first-order valence-electron chi connectivity index (χ1n) is 38.0.